The van der Waals surface area contributed by atoms with Gasteiger partial charge in [0.2, 0.25) is 0 Å². The minimum Gasteiger partial charge on any atom is -0.385 e. The highest BCUT2D eigenvalue weighted by Crippen LogP contribution is 2.22. The SMILES string of the molecule is CC(C)(O)/C(Br)=C\Br. The zero-order valence-electron chi connectivity index (χ0n) is 4.78. The quantitative estimate of drug-likeness (QED) is 0.750. The van der Waals surface area contributed by atoms with Crippen LogP contribution in [0.2, 0.25) is 0 Å². The first-order valence-corrected chi connectivity index (χ1v) is 3.88. The highest BCUT2D eigenvalue weighted by atomic mass is 79.9. The molecule has 0 aromatic carbocycles. The van der Waals surface area contributed by atoms with E-state index in [0.717, 1.165) is 4.48 Å². The largest absolute Gasteiger partial charge is 0.385 e. The Bertz CT molecular complexity index is 101. The predicted molar refractivity (Wildman–Crippen MR) is 42.2 cm³/mol. The molecule has 0 unspecified atom stereocenters. The maximum atomic E-state index is 9.14. The third-order valence-corrected chi connectivity index (χ3v) is 2.95. The summed E-state index contributed by atoms with van der Waals surface area (Å²) in [5.41, 5.74) is -0.760. The summed E-state index contributed by atoms with van der Waals surface area (Å²) in [4.78, 5) is 1.65. The summed E-state index contributed by atoms with van der Waals surface area (Å²) >= 11 is 6.24. The monoisotopic (exact) mass is 242 g/mol. The molecule has 1 nitrogen and oxygen atoms in total. The lowest BCUT2D eigenvalue weighted by molar-refractivity contribution is 0.130. The molecule has 8 heavy (non-hydrogen) atoms. The molecular weight excluding hydrogens is 236 g/mol. The Hall–Kier alpha value is 0.660. The zero-order valence-corrected chi connectivity index (χ0v) is 7.95. The minimum atomic E-state index is -0.760. The fourth-order valence-corrected chi connectivity index (χ4v) is 0.694. The van der Waals surface area contributed by atoms with Crippen LogP contribution in [0.15, 0.2) is 9.47 Å². The normalized spacial score (nSPS) is 14.4. The summed E-state index contributed by atoms with van der Waals surface area (Å²) in [6, 6.07) is 0. The molecule has 0 atom stereocenters. The van der Waals surface area contributed by atoms with Gasteiger partial charge in [-0.25, -0.2) is 0 Å². The van der Waals surface area contributed by atoms with Crippen molar-refractivity contribution in [3.63, 3.8) is 0 Å². The summed E-state index contributed by atoms with van der Waals surface area (Å²) in [7, 11) is 0. The Morgan fingerprint density at radius 1 is 1.62 bits per heavy atom. The van der Waals surface area contributed by atoms with E-state index in [4.69, 9.17) is 5.11 Å². The maximum absolute atomic E-state index is 9.14. The van der Waals surface area contributed by atoms with E-state index in [1.807, 2.05) is 0 Å². The van der Waals surface area contributed by atoms with Crippen LogP contribution in [0.4, 0.5) is 0 Å². The van der Waals surface area contributed by atoms with Gasteiger partial charge >= 0.3 is 0 Å². The topological polar surface area (TPSA) is 20.2 Å². The van der Waals surface area contributed by atoms with E-state index < -0.39 is 5.60 Å². The first-order valence-electron chi connectivity index (χ1n) is 2.17. The molecule has 48 valence electrons. The predicted octanol–water partition coefficient (Wildman–Crippen LogP) is 2.39. The highest BCUT2D eigenvalue weighted by Gasteiger charge is 2.15. The highest BCUT2D eigenvalue weighted by molar-refractivity contribution is 9.14. The fraction of sp³-hybridized carbons (Fsp3) is 0.600. The average molecular weight is 244 g/mol. The minimum absolute atomic E-state index is 0.741. The van der Waals surface area contributed by atoms with Gasteiger partial charge in [0.15, 0.2) is 0 Å². The molecule has 0 fully saturated rings. The van der Waals surface area contributed by atoms with Crippen molar-refractivity contribution in [3.8, 4) is 0 Å². The Kier molecular flexibility index (Phi) is 3.24. The molecule has 1 N–H and O–H groups in total. The van der Waals surface area contributed by atoms with Crippen LogP contribution < -0.4 is 0 Å². The molecule has 0 aliphatic carbocycles. The summed E-state index contributed by atoms with van der Waals surface area (Å²) in [5, 5.41) is 9.14. The Morgan fingerprint density at radius 2 is 2.00 bits per heavy atom. The van der Waals surface area contributed by atoms with Gasteiger partial charge in [0, 0.05) is 4.48 Å². The van der Waals surface area contributed by atoms with Gasteiger partial charge in [-0.15, -0.1) is 0 Å². The summed E-state index contributed by atoms with van der Waals surface area (Å²) in [5.74, 6) is 0. The fourth-order valence-electron chi connectivity index (χ4n) is 0.134. The standard InChI is InChI=1S/C5H8Br2O/c1-5(2,8)4(7)3-6/h3,8H,1-2H3/b4-3+. The van der Waals surface area contributed by atoms with Crippen LogP contribution in [0.1, 0.15) is 13.8 Å². The number of halogens is 2. The number of hydrogen-bond donors (Lipinski definition) is 1. The van der Waals surface area contributed by atoms with Crippen molar-refractivity contribution < 1.29 is 5.11 Å². The average Bonchev–Trinajstić information content (AvgIpc) is 1.62. The van der Waals surface area contributed by atoms with E-state index in [1.54, 1.807) is 18.8 Å². The number of aliphatic hydroxyl groups is 1. The second kappa shape index (κ2) is 2.99. The van der Waals surface area contributed by atoms with Gasteiger partial charge in [0.1, 0.15) is 0 Å². The molecule has 0 aliphatic rings. The van der Waals surface area contributed by atoms with Gasteiger partial charge in [0.25, 0.3) is 0 Å². The Labute approximate surface area is 66.0 Å². The van der Waals surface area contributed by atoms with Gasteiger partial charge in [-0.3, -0.25) is 0 Å². The lowest BCUT2D eigenvalue weighted by Gasteiger charge is -2.14. The molecule has 0 bridgehead atoms. The third kappa shape index (κ3) is 2.84. The molecule has 3 heteroatoms. The Morgan fingerprint density at radius 3 is 2.00 bits per heavy atom. The molecule has 0 heterocycles. The molecule has 0 saturated heterocycles. The second-order valence-corrected chi connectivity index (χ2v) is 3.33. The van der Waals surface area contributed by atoms with Crippen LogP contribution in [0.3, 0.4) is 0 Å². The zero-order chi connectivity index (χ0) is 6.78. The van der Waals surface area contributed by atoms with Gasteiger partial charge in [-0.05, 0) is 18.8 Å². The van der Waals surface area contributed by atoms with E-state index in [2.05, 4.69) is 31.9 Å². The van der Waals surface area contributed by atoms with E-state index in [1.165, 1.54) is 0 Å². The van der Waals surface area contributed by atoms with E-state index >= 15 is 0 Å². The van der Waals surface area contributed by atoms with Crippen LogP contribution in [0, 0.1) is 0 Å². The summed E-state index contributed by atoms with van der Waals surface area (Å²) in [6.45, 7) is 3.41. The molecule has 0 aromatic rings. The van der Waals surface area contributed by atoms with Crippen LogP contribution in [0.25, 0.3) is 0 Å². The lowest BCUT2D eigenvalue weighted by atomic mass is 10.1. The molecule has 0 aliphatic heterocycles. The molecule has 0 amide bonds. The van der Waals surface area contributed by atoms with Gasteiger partial charge < -0.3 is 5.11 Å². The van der Waals surface area contributed by atoms with Crippen LogP contribution >= 0.6 is 31.9 Å². The van der Waals surface area contributed by atoms with E-state index in [-0.39, 0.29) is 0 Å². The maximum Gasteiger partial charge on any atom is 0.0909 e. The molecular formula is C5H8Br2O. The molecule has 0 rings (SSSR count). The van der Waals surface area contributed by atoms with Gasteiger partial charge in [-0.2, -0.15) is 0 Å². The number of rotatable bonds is 1. The molecule has 0 saturated carbocycles. The van der Waals surface area contributed by atoms with Crippen molar-refractivity contribution in [1.82, 2.24) is 0 Å². The first kappa shape index (κ1) is 8.66. The van der Waals surface area contributed by atoms with Crippen molar-refractivity contribution >= 4 is 31.9 Å². The Balaban J connectivity index is 4.03. The van der Waals surface area contributed by atoms with Gasteiger partial charge in [0.05, 0.1) is 5.60 Å². The van der Waals surface area contributed by atoms with Crippen LogP contribution in [-0.4, -0.2) is 10.7 Å². The summed E-state index contributed by atoms with van der Waals surface area (Å²) < 4.78 is 0.741. The number of hydrogen-bond acceptors (Lipinski definition) is 1. The second-order valence-electron chi connectivity index (χ2n) is 2.02. The van der Waals surface area contributed by atoms with E-state index in [9.17, 15) is 0 Å². The summed E-state index contributed by atoms with van der Waals surface area (Å²) in [6.07, 6.45) is 0. The molecule has 0 radical (unpaired) electrons. The van der Waals surface area contributed by atoms with Crippen molar-refractivity contribution in [2.24, 2.45) is 0 Å². The van der Waals surface area contributed by atoms with Crippen LogP contribution in [-0.2, 0) is 0 Å². The molecule has 0 aromatic heterocycles. The van der Waals surface area contributed by atoms with Crippen molar-refractivity contribution in [3.05, 3.63) is 9.47 Å². The van der Waals surface area contributed by atoms with Crippen molar-refractivity contribution in [1.29, 1.82) is 0 Å². The van der Waals surface area contributed by atoms with Crippen LogP contribution in [0.5, 0.6) is 0 Å². The lowest BCUT2D eigenvalue weighted by Crippen LogP contribution is -2.17. The van der Waals surface area contributed by atoms with Crippen molar-refractivity contribution in [2.75, 3.05) is 0 Å². The van der Waals surface area contributed by atoms with E-state index in [0.29, 0.717) is 0 Å². The molecule has 0 spiro atoms. The smallest absolute Gasteiger partial charge is 0.0909 e. The van der Waals surface area contributed by atoms with Gasteiger partial charge in [-0.1, -0.05) is 31.9 Å². The first-order chi connectivity index (χ1) is 3.48. The van der Waals surface area contributed by atoms with Crippen molar-refractivity contribution in [2.45, 2.75) is 19.4 Å². The third-order valence-electron chi connectivity index (χ3n) is 0.680.